The van der Waals surface area contributed by atoms with Crippen LogP contribution in [0.15, 0.2) is 22.7 Å². The maximum Gasteiger partial charge on any atom is 0.261 e. The Labute approximate surface area is 161 Å². The highest BCUT2D eigenvalue weighted by Crippen LogP contribution is 2.19. The van der Waals surface area contributed by atoms with Crippen molar-refractivity contribution in [1.82, 2.24) is 25.4 Å². The van der Waals surface area contributed by atoms with Crippen LogP contribution in [0.2, 0.25) is 0 Å². The van der Waals surface area contributed by atoms with Crippen molar-refractivity contribution in [3.63, 3.8) is 0 Å². The third-order valence-corrected chi connectivity index (χ3v) is 6.04. The quantitative estimate of drug-likeness (QED) is 0.704. The fourth-order valence-corrected chi connectivity index (χ4v) is 4.27. The average Bonchev–Trinajstić information content (AvgIpc) is 3.36. The van der Waals surface area contributed by atoms with Gasteiger partial charge in [-0.05, 0) is 30.2 Å². The van der Waals surface area contributed by atoms with Gasteiger partial charge in [-0.25, -0.2) is 4.98 Å². The number of piperidine rings is 1. The van der Waals surface area contributed by atoms with Crippen molar-refractivity contribution in [1.29, 1.82) is 0 Å². The molecule has 7 nitrogen and oxygen atoms in total. The fraction of sp³-hybridized carbons (Fsp3) is 0.529. The average molecular weight is 394 g/mol. The zero-order valence-corrected chi connectivity index (χ0v) is 16.4. The van der Waals surface area contributed by atoms with Crippen LogP contribution in [0.4, 0.5) is 0 Å². The monoisotopic (exact) mass is 393 g/mol. The first kappa shape index (κ1) is 18.9. The zero-order chi connectivity index (χ0) is 18.4. The van der Waals surface area contributed by atoms with E-state index in [1.165, 1.54) is 23.1 Å². The van der Waals surface area contributed by atoms with Crippen molar-refractivity contribution in [3.05, 3.63) is 28.2 Å². The summed E-state index contributed by atoms with van der Waals surface area (Å²) < 4.78 is 0. The number of aryl methyl sites for hydroxylation is 1. The molecule has 2 aromatic rings. The van der Waals surface area contributed by atoms with Crippen LogP contribution in [-0.2, 0) is 11.2 Å². The number of nitrogens with one attached hydrogen (secondary N) is 2. The van der Waals surface area contributed by atoms with Crippen LogP contribution in [0.5, 0.6) is 0 Å². The molecule has 1 fully saturated rings. The van der Waals surface area contributed by atoms with Gasteiger partial charge in [0.2, 0.25) is 11.1 Å². The number of nitrogens with zero attached hydrogens (tertiary/aromatic N) is 3. The van der Waals surface area contributed by atoms with Gasteiger partial charge in [-0.2, -0.15) is 0 Å². The Morgan fingerprint density at radius 1 is 1.50 bits per heavy atom. The van der Waals surface area contributed by atoms with E-state index in [1.807, 2.05) is 29.3 Å². The molecule has 3 heterocycles. The molecular formula is C17H23N5O2S2. The molecule has 9 heteroatoms. The number of likely N-dealkylation sites (tertiary alicyclic amines) is 1. The number of thioether (sulfide) groups is 1. The van der Waals surface area contributed by atoms with Crippen molar-refractivity contribution in [2.45, 2.75) is 31.3 Å². The fourth-order valence-electron chi connectivity index (χ4n) is 2.91. The summed E-state index contributed by atoms with van der Waals surface area (Å²) in [6.45, 7) is 4.08. The molecule has 26 heavy (non-hydrogen) atoms. The summed E-state index contributed by atoms with van der Waals surface area (Å²) in [5.41, 5.74) is 0. The molecule has 0 saturated carbocycles. The Morgan fingerprint density at radius 2 is 2.38 bits per heavy atom. The first-order chi connectivity index (χ1) is 12.7. The molecule has 0 radical (unpaired) electrons. The Balaban J connectivity index is 1.43. The van der Waals surface area contributed by atoms with Gasteiger partial charge in [0.15, 0.2) is 0 Å². The smallest absolute Gasteiger partial charge is 0.261 e. The van der Waals surface area contributed by atoms with Crippen molar-refractivity contribution in [2.75, 3.05) is 25.4 Å². The number of hydrogen-bond acceptors (Lipinski definition) is 6. The Hall–Kier alpha value is -1.87. The molecule has 1 unspecified atom stereocenters. The van der Waals surface area contributed by atoms with E-state index in [0.717, 1.165) is 36.5 Å². The number of amides is 2. The van der Waals surface area contributed by atoms with Gasteiger partial charge < -0.3 is 10.2 Å². The van der Waals surface area contributed by atoms with E-state index in [2.05, 4.69) is 20.5 Å². The van der Waals surface area contributed by atoms with E-state index in [0.29, 0.717) is 29.9 Å². The molecule has 1 aliphatic heterocycles. The SMILES string of the molecule is CCc1nc(SCC(=O)N2CCCC(CNC(=O)c3cccs3)C2)n[nH]1. The minimum absolute atomic E-state index is 0.0321. The molecule has 2 N–H and O–H groups in total. The molecule has 3 rings (SSSR count). The van der Waals surface area contributed by atoms with Crippen LogP contribution < -0.4 is 5.32 Å². The number of rotatable bonds is 7. The molecule has 2 amide bonds. The van der Waals surface area contributed by atoms with Gasteiger partial charge >= 0.3 is 0 Å². The third-order valence-electron chi connectivity index (χ3n) is 4.34. The van der Waals surface area contributed by atoms with Gasteiger partial charge in [0.25, 0.3) is 5.91 Å². The second kappa shape index (κ2) is 9.18. The Bertz CT molecular complexity index is 731. The summed E-state index contributed by atoms with van der Waals surface area (Å²) in [6, 6.07) is 3.69. The molecule has 0 aliphatic carbocycles. The number of carbonyl (C=O) groups excluding carboxylic acids is 2. The molecule has 1 aliphatic rings. The molecule has 1 atom stereocenters. The lowest BCUT2D eigenvalue weighted by atomic mass is 9.98. The summed E-state index contributed by atoms with van der Waals surface area (Å²) in [7, 11) is 0. The van der Waals surface area contributed by atoms with Gasteiger partial charge in [0.1, 0.15) is 5.82 Å². The highest BCUT2D eigenvalue weighted by atomic mass is 32.2. The molecule has 2 aromatic heterocycles. The van der Waals surface area contributed by atoms with Gasteiger partial charge in [-0.3, -0.25) is 14.7 Å². The lowest BCUT2D eigenvalue weighted by Crippen LogP contribution is -2.44. The highest BCUT2D eigenvalue weighted by molar-refractivity contribution is 7.99. The number of aromatic amines is 1. The Kier molecular flexibility index (Phi) is 6.67. The van der Waals surface area contributed by atoms with E-state index in [4.69, 9.17) is 0 Å². The van der Waals surface area contributed by atoms with Gasteiger partial charge in [-0.1, -0.05) is 24.8 Å². The molecular weight excluding hydrogens is 370 g/mol. The lowest BCUT2D eigenvalue weighted by Gasteiger charge is -2.32. The standard InChI is InChI=1S/C17H23N5O2S2/c1-2-14-19-17(21-20-14)26-11-15(23)22-7-3-5-12(10-22)9-18-16(24)13-6-4-8-25-13/h4,6,8,12H,2-3,5,7,9-11H2,1H3,(H,18,24)(H,19,20,21). The van der Waals surface area contributed by atoms with Crippen molar-refractivity contribution < 1.29 is 9.59 Å². The normalized spacial score (nSPS) is 17.3. The minimum atomic E-state index is -0.0321. The summed E-state index contributed by atoms with van der Waals surface area (Å²) in [5, 5.41) is 12.5. The molecule has 140 valence electrons. The number of thiophene rings is 1. The second-order valence-electron chi connectivity index (χ2n) is 6.24. The summed E-state index contributed by atoms with van der Waals surface area (Å²) in [5.74, 6) is 1.55. The first-order valence-corrected chi connectivity index (χ1v) is 10.7. The van der Waals surface area contributed by atoms with Crippen LogP contribution >= 0.6 is 23.1 Å². The van der Waals surface area contributed by atoms with Crippen molar-refractivity contribution >= 4 is 34.9 Å². The van der Waals surface area contributed by atoms with E-state index in [9.17, 15) is 9.59 Å². The van der Waals surface area contributed by atoms with Crippen molar-refractivity contribution in [2.24, 2.45) is 5.92 Å². The predicted octanol–water partition coefficient (Wildman–Crippen LogP) is 2.19. The number of hydrogen-bond donors (Lipinski definition) is 2. The molecule has 1 saturated heterocycles. The Morgan fingerprint density at radius 3 is 3.12 bits per heavy atom. The van der Waals surface area contributed by atoms with E-state index in [1.54, 1.807) is 0 Å². The van der Waals surface area contributed by atoms with Crippen LogP contribution in [0.1, 0.15) is 35.3 Å². The summed E-state index contributed by atoms with van der Waals surface area (Å²) in [6.07, 6.45) is 2.80. The van der Waals surface area contributed by atoms with Crippen LogP contribution in [0.25, 0.3) is 0 Å². The second-order valence-corrected chi connectivity index (χ2v) is 8.13. The highest BCUT2D eigenvalue weighted by Gasteiger charge is 2.24. The number of aromatic nitrogens is 3. The summed E-state index contributed by atoms with van der Waals surface area (Å²) in [4.78, 5) is 31.5. The molecule has 0 aromatic carbocycles. The molecule has 0 bridgehead atoms. The number of H-pyrrole nitrogens is 1. The van der Waals surface area contributed by atoms with Crippen LogP contribution in [-0.4, -0.2) is 57.3 Å². The molecule has 0 spiro atoms. The van der Waals surface area contributed by atoms with Gasteiger partial charge in [0, 0.05) is 26.1 Å². The summed E-state index contributed by atoms with van der Waals surface area (Å²) >= 11 is 2.80. The number of carbonyl (C=O) groups is 2. The van der Waals surface area contributed by atoms with Gasteiger partial charge in [-0.15, -0.1) is 16.4 Å². The minimum Gasteiger partial charge on any atom is -0.351 e. The van der Waals surface area contributed by atoms with Crippen LogP contribution in [0, 0.1) is 5.92 Å². The van der Waals surface area contributed by atoms with E-state index < -0.39 is 0 Å². The maximum atomic E-state index is 12.5. The predicted molar refractivity (Wildman–Crippen MR) is 102 cm³/mol. The van der Waals surface area contributed by atoms with E-state index >= 15 is 0 Å². The third kappa shape index (κ3) is 5.07. The largest absolute Gasteiger partial charge is 0.351 e. The van der Waals surface area contributed by atoms with Crippen LogP contribution in [0.3, 0.4) is 0 Å². The lowest BCUT2D eigenvalue weighted by molar-refractivity contribution is -0.130. The van der Waals surface area contributed by atoms with Crippen molar-refractivity contribution in [3.8, 4) is 0 Å². The zero-order valence-electron chi connectivity index (χ0n) is 14.7. The van der Waals surface area contributed by atoms with E-state index in [-0.39, 0.29) is 11.8 Å². The van der Waals surface area contributed by atoms with Gasteiger partial charge in [0.05, 0.1) is 10.6 Å². The first-order valence-electron chi connectivity index (χ1n) is 8.79. The maximum absolute atomic E-state index is 12.5. The topological polar surface area (TPSA) is 91.0 Å².